The van der Waals surface area contributed by atoms with Gasteiger partial charge in [0.1, 0.15) is 0 Å². The van der Waals surface area contributed by atoms with E-state index in [0.717, 1.165) is 23.5 Å². The first-order chi connectivity index (χ1) is 8.17. The highest BCUT2D eigenvalue weighted by Gasteiger charge is 2.28. The van der Waals surface area contributed by atoms with Crippen molar-refractivity contribution in [3.63, 3.8) is 0 Å². The van der Waals surface area contributed by atoms with E-state index in [4.69, 9.17) is 0 Å². The molecule has 0 radical (unpaired) electrons. The van der Waals surface area contributed by atoms with Crippen LogP contribution in [0.5, 0.6) is 0 Å². The lowest BCUT2D eigenvalue weighted by molar-refractivity contribution is 0.594. The normalized spacial score (nSPS) is 21.6. The zero-order valence-corrected chi connectivity index (χ0v) is 10.2. The van der Waals surface area contributed by atoms with Crippen molar-refractivity contribution < 1.29 is 8.42 Å². The minimum Gasteiger partial charge on any atom is -0.379 e. The third-order valence-corrected chi connectivity index (χ3v) is 5.17. The van der Waals surface area contributed by atoms with Crippen molar-refractivity contribution in [1.29, 1.82) is 0 Å². The van der Waals surface area contributed by atoms with Gasteiger partial charge in [0.15, 0.2) is 9.84 Å². The van der Waals surface area contributed by atoms with Gasteiger partial charge in [0.25, 0.3) is 0 Å². The summed E-state index contributed by atoms with van der Waals surface area (Å²) >= 11 is 0. The van der Waals surface area contributed by atoms with Crippen LogP contribution < -0.4 is 10.6 Å². The highest BCUT2D eigenvalue weighted by Crippen LogP contribution is 2.32. The number of hydrogen-bond acceptors (Lipinski definition) is 4. The first-order valence-electron chi connectivity index (χ1n) is 5.71. The minimum atomic E-state index is -3.07. The first kappa shape index (κ1) is 10.7. The zero-order valence-electron chi connectivity index (χ0n) is 9.36. The predicted molar refractivity (Wildman–Crippen MR) is 68.6 cm³/mol. The lowest BCUT2D eigenvalue weighted by Crippen LogP contribution is -2.23. The number of benzene rings is 1. The van der Waals surface area contributed by atoms with E-state index in [2.05, 4.69) is 10.6 Å². The van der Waals surface area contributed by atoms with E-state index >= 15 is 0 Å². The third-order valence-electron chi connectivity index (χ3n) is 3.20. The average molecular weight is 250 g/mol. The Bertz CT molecular complexity index is 590. The third kappa shape index (κ3) is 1.80. The molecule has 0 fully saturated rings. The predicted octanol–water partition coefficient (Wildman–Crippen LogP) is 1.94. The van der Waals surface area contributed by atoms with Crippen LogP contribution in [0.1, 0.15) is 12.8 Å². The van der Waals surface area contributed by atoms with Gasteiger partial charge in [0, 0.05) is 5.70 Å². The molecule has 1 aromatic carbocycles. The molecule has 0 spiro atoms. The van der Waals surface area contributed by atoms with Crippen LogP contribution in [0.15, 0.2) is 34.9 Å². The number of anilines is 2. The van der Waals surface area contributed by atoms with Crippen molar-refractivity contribution in [1.82, 2.24) is 0 Å². The number of para-hydroxylation sites is 2. The summed E-state index contributed by atoms with van der Waals surface area (Å²) in [7, 11) is -3.07. The molecule has 2 heterocycles. The maximum atomic E-state index is 12.0. The molecule has 0 saturated carbocycles. The van der Waals surface area contributed by atoms with Crippen molar-refractivity contribution >= 4 is 21.2 Å². The van der Waals surface area contributed by atoms with Crippen LogP contribution in [0.2, 0.25) is 0 Å². The van der Waals surface area contributed by atoms with Crippen molar-refractivity contribution in [2.75, 3.05) is 22.9 Å². The van der Waals surface area contributed by atoms with Gasteiger partial charge in [0.05, 0.1) is 28.6 Å². The topological polar surface area (TPSA) is 58.2 Å². The minimum absolute atomic E-state index is 0.269. The Balaban J connectivity index is 2.08. The molecule has 0 amide bonds. The molecule has 0 bridgehead atoms. The summed E-state index contributed by atoms with van der Waals surface area (Å²) in [6.45, 7) is 0.391. The zero-order chi connectivity index (χ0) is 11.9. The lowest BCUT2D eigenvalue weighted by atomic mass is 10.2. The number of sulfone groups is 1. The summed E-state index contributed by atoms with van der Waals surface area (Å²) in [6.07, 6.45) is 1.51. The Morgan fingerprint density at radius 3 is 2.71 bits per heavy atom. The standard InChI is InChI=1S/C12H14N2O2S/c15-17(16)7-3-6-11-12(17)8-13-9-4-1-2-5-10(9)14-11/h1-2,4-5,13-14H,3,6-8H2. The smallest absolute Gasteiger partial charge is 0.178 e. The maximum Gasteiger partial charge on any atom is 0.178 e. The van der Waals surface area contributed by atoms with E-state index in [1.165, 1.54) is 0 Å². The highest BCUT2D eigenvalue weighted by molar-refractivity contribution is 7.95. The molecular formula is C12H14N2O2S. The van der Waals surface area contributed by atoms with Crippen LogP contribution in [-0.4, -0.2) is 20.7 Å². The average Bonchev–Trinajstić information content (AvgIpc) is 2.48. The summed E-state index contributed by atoms with van der Waals surface area (Å²) in [5.74, 6) is 0.269. The van der Waals surface area contributed by atoms with Crippen molar-refractivity contribution in [2.45, 2.75) is 12.8 Å². The highest BCUT2D eigenvalue weighted by atomic mass is 32.2. The molecule has 0 unspecified atom stereocenters. The number of hydrogen-bond donors (Lipinski definition) is 2. The van der Waals surface area contributed by atoms with Gasteiger partial charge < -0.3 is 10.6 Å². The molecule has 0 saturated heterocycles. The summed E-state index contributed by atoms with van der Waals surface area (Å²) in [6, 6.07) is 7.79. The van der Waals surface area contributed by atoms with Gasteiger partial charge in [-0.2, -0.15) is 0 Å². The second-order valence-corrected chi connectivity index (χ2v) is 6.48. The van der Waals surface area contributed by atoms with E-state index in [1.807, 2.05) is 24.3 Å². The molecule has 1 aromatic rings. The quantitative estimate of drug-likeness (QED) is 0.739. The monoisotopic (exact) mass is 250 g/mol. The van der Waals surface area contributed by atoms with Crippen LogP contribution in [0, 0.1) is 0 Å². The summed E-state index contributed by atoms with van der Waals surface area (Å²) in [4.78, 5) is 0.528. The molecule has 2 aliphatic rings. The second kappa shape index (κ2) is 3.77. The Hall–Kier alpha value is -1.49. The summed E-state index contributed by atoms with van der Waals surface area (Å²) in [5, 5.41) is 6.44. The summed E-state index contributed by atoms with van der Waals surface area (Å²) in [5.41, 5.74) is 2.76. The lowest BCUT2D eigenvalue weighted by Gasteiger charge is -2.19. The Morgan fingerprint density at radius 2 is 1.88 bits per heavy atom. The molecular weight excluding hydrogens is 236 g/mol. The van der Waals surface area contributed by atoms with E-state index in [9.17, 15) is 8.42 Å². The van der Waals surface area contributed by atoms with Gasteiger partial charge in [-0.1, -0.05) is 12.1 Å². The largest absolute Gasteiger partial charge is 0.379 e. The molecule has 0 aromatic heterocycles. The molecule has 2 aliphatic heterocycles. The fourth-order valence-electron chi connectivity index (χ4n) is 2.32. The first-order valence-corrected chi connectivity index (χ1v) is 7.37. The van der Waals surface area contributed by atoms with Crippen LogP contribution in [-0.2, 0) is 9.84 Å². The van der Waals surface area contributed by atoms with E-state index in [-0.39, 0.29) is 5.75 Å². The number of nitrogens with one attached hydrogen (secondary N) is 2. The van der Waals surface area contributed by atoms with Gasteiger partial charge in [-0.3, -0.25) is 0 Å². The second-order valence-electron chi connectivity index (χ2n) is 4.35. The Morgan fingerprint density at radius 1 is 1.12 bits per heavy atom. The SMILES string of the molecule is O=S1(=O)CCCC2=C1CNc1ccccc1N2. The maximum absolute atomic E-state index is 12.0. The van der Waals surface area contributed by atoms with Crippen molar-refractivity contribution in [2.24, 2.45) is 0 Å². The molecule has 2 N–H and O–H groups in total. The van der Waals surface area contributed by atoms with E-state index < -0.39 is 9.84 Å². The summed E-state index contributed by atoms with van der Waals surface area (Å²) < 4.78 is 24.0. The van der Waals surface area contributed by atoms with Gasteiger partial charge in [-0.25, -0.2) is 8.42 Å². The van der Waals surface area contributed by atoms with Crippen LogP contribution in [0.4, 0.5) is 11.4 Å². The number of fused-ring (bicyclic) bond motifs is 1. The molecule has 90 valence electrons. The van der Waals surface area contributed by atoms with E-state index in [1.54, 1.807) is 0 Å². The van der Waals surface area contributed by atoms with Crippen LogP contribution >= 0.6 is 0 Å². The fraction of sp³-hybridized carbons (Fsp3) is 0.333. The van der Waals surface area contributed by atoms with Gasteiger partial charge in [-0.05, 0) is 25.0 Å². The van der Waals surface area contributed by atoms with Gasteiger partial charge >= 0.3 is 0 Å². The molecule has 0 aliphatic carbocycles. The molecule has 17 heavy (non-hydrogen) atoms. The van der Waals surface area contributed by atoms with Gasteiger partial charge in [0.2, 0.25) is 0 Å². The van der Waals surface area contributed by atoms with E-state index in [0.29, 0.717) is 17.9 Å². The molecule has 5 heteroatoms. The number of allylic oxidation sites excluding steroid dienone is 1. The Labute approximate surface area is 101 Å². The number of rotatable bonds is 0. The van der Waals surface area contributed by atoms with Crippen LogP contribution in [0.3, 0.4) is 0 Å². The molecule has 3 rings (SSSR count). The molecule has 0 atom stereocenters. The fourth-order valence-corrected chi connectivity index (χ4v) is 3.91. The molecule has 4 nitrogen and oxygen atoms in total. The van der Waals surface area contributed by atoms with Gasteiger partial charge in [-0.15, -0.1) is 0 Å². The van der Waals surface area contributed by atoms with Crippen molar-refractivity contribution in [3.8, 4) is 0 Å². The van der Waals surface area contributed by atoms with Crippen LogP contribution in [0.25, 0.3) is 0 Å². The Kier molecular flexibility index (Phi) is 2.36. The van der Waals surface area contributed by atoms with Crippen molar-refractivity contribution in [3.05, 3.63) is 34.9 Å².